The van der Waals surface area contributed by atoms with Crippen LogP contribution in [0.15, 0.2) is 24.3 Å². The van der Waals surface area contributed by atoms with E-state index in [-0.39, 0.29) is 6.04 Å². The number of aliphatic hydroxyl groups excluding tert-OH is 1. The molecule has 0 saturated heterocycles. The fourth-order valence-corrected chi connectivity index (χ4v) is 2.82. The molecule has 0 radical (unpaired) electrons. The van der Waals surface area contributed by atoms with Crippen LogP contribution < -0.4 is 5.32 Å². The summed E-state index contributed by atoms with van der Waals surface area (Å²) < 4.78 is 5.81. The summed E-state index contributed by atoms with van der Waals surface area (Å²) in [4.78, 5) is 0. The molecule has 1 aliphatic carbocycles. The molecule has 0 heterocycles. The molecular formula is C18H29NO2. The number of aryl methyl sites for hydroxylation is 1. The minimum Gasteiger partial charge on any atom is -0.389 e. The van der Waals surface area contributed by atoms with Gasteiger partial charge in [0, 0.05) is 12.6 Å². The first-order valence-corrected chi connectivity index (χ1v) is 8.25. The van der Waals surface area contributed by atoms with Gasteiger partial charge in [-0.1, -0.05) is 49.1 Å². The predicted octanol–water partition coefficient (Wildman–Crippen LogP) is 3.36. The van der Waals surface area contributed by atoms with Crippen LogP contribution in [0.3, 0.4) is 0 Å². The summed E-state index contributed by atoms with van der Waals surface area (Å²) >= 11 is 0. The number of hydrogen-bond acceptors (Lipinski definition) is 3. The van der Waals surface area contributed by atoms with E-state index in [0.29, 0.717) is 19.3 Å². The molecule has 0 bridgehead atoms. The molecule has 2 rings (SSSR count). The lowest BCUT2D eigenvalue weighted by atomic mass is 9.98. The van der Waals surface area contributed by atoms with Crippen LogP contribution in [0.2, 0.25) is 0 Å². The maximum Gasteiger partial charge on any atom is 0.0898 e. The monoisotopic (exact) mass is 291 g/mol. The van der Waals surface area contributed by atoms with Gasteiger partial charge >= 0.3 is 0 Å². The second-order valence-electron chi connectivity index (χ2n) is 6.29. The first kappa shape index (κ1) is 16.5. The molecule has 118 valence electrons. The number of ether oxygens (including phenoxy) is 1. The quantitative estimate of drug-likeness (QED) is 0.809. The summed E-state index contributed by atoms with van der Waals surface area (Å²) in [5, 5.41) is 13.4. The molecule has 1 aliphatic rings. The van der Waals surface area contributed by atoms with Crippen LogP contribution in [0, 0.1) is 6.92 Å². The summed E-state index contributed by atoms with van der Waals surface area (Å²) in [6.45, 7) is 5.23. The molecule has 2 atom stereocenters. The van der Waals surface area contributed by atoms with Gasteiger partial charge in [-0.15, -0.1) is 0 Å². The fraction of sp³-hybridized carbons (Fsp3) is 0.667. The van der Waals surface area contributed by atoms with E-state index in [9.17, 15) is 5.11 Å². The highest BCUT2D eigenvalue weighted by Crippen LogP contribution is 2.20. The van der Waals surface area contributed by atoms with Gasteiger partial charge in [0.2, 0.25) is 0 Å². The molecule has 0 amide bonds. The van der Waals surface area contributed by atoms with Crippen LogP contribution in [0.4, 0.5) is 0 Å². The molecule has 0 aromatic heterocycles. The highest BCUT2D eigenvalue weighted by Gasteiger charge is 2.16. The molecule has 1 saturated carbocycles. The number of aliphatic hydroxyl groups is 1. The van der Waals surface area contributed by atoms with Crippen molar-refractivity contribution < 1.29 is 9.84 Å². The molecule has 0 aliphatic heterocycles. The summed E-state index contributed by atoms with van der Waals surface area (Å²) in [7, 11) is 0. The number of nitrogens with one attached hydrogen (secondary N) is 1. The second-order valence-corrected chi connectivity index (χ2v) is 6.29. The van der Waals surface area contributed by atoms with Gasteiger partial charge in [-0.25, -0.2) is 0 Å². The average molecular weight is 291 g/mol. The molecule has 1 aromatic rings. The van der Waals surface area contributed by atoms with E-state index in [0.717, 1.165) is 12.8 Å². The molecule has 1 unspecified atom stereocenters. The van der Waals surface area contributed by atoms with Crippen molar-refractivity contribution in [3.63, 3.8) is 0 Å². The zero-order chi connectivity index (χ0) is 15.1. The Bertz CT molecular complexity index is 398. The lowest BCUT2D eigenvalue weighted by Gasteiger charge is -2.24. The number of hydrogen-bond donors (Lipinski definition) is 2. The largest absolute Gasteiger partial charge is 0.389 e. The lowest BCUT2D eigenvalue weighted by molar-refractivity contribution is -0.0235. The second kappa shape index (κ2) is 8.52. The minimum absolute atomic E-state index is 0.245. The van der Waals surface area contributed by atoms with Gasteiger partial charge in [-0.05, 0) is 32.3 Å². The van der Waals surface area contributed by atoms with E-state index in [1.54, 1.807) is 0 Å². The van der Waals surface area contributed by atoms with Crippen molar-refractivity contribution >= 4 is 0 Å². The molecule has 1 fully saturated rings. The highest BCUT2D eigenvalue weighted by molar-refractivity contribution is 5.23. The minimum atomic E-state index is -0.431. The molecule has 3 nitrogen and oxygen atoms in total. The van der Waals surface area contributed by atoms with Crippen molar-refractivity contribution in [1.82, 2.24) is 5.32 Å². The third-order valence-electron chi connectivity index (χ3n) is 4.31. The van der Waals surface area contributed by atoms with Crippen LogP contribution in [0.5, 0.6) is 0 Å². The van der Waals surface area contributed by atoms with E-state index in [1.165, 1.54) is 30.4 Å². The Labute approximate surface area is 128 Å². The standard InChI is InChI=1S/C18H29NO2/c1-14-8-10-16(11-9-14)15(2)19-12-17(20)13-21-18-6-4-3-5-7-18/h8-11,15,17-20H,3-7,12-13H2,1-2H3/t15-,17?/m1/s1. The Hall–Kier alpha value is -0.900. The van der Waals surface area contributed by atoms with Gasteiger partial charge in [-0.2, -0.15) is 0 Å². The smallest absolute Gasteiger partial charge is 0.0898 e. The molecular weight excluding hydrogens is 262 g/mol. The zero-order valence-electron chi connectivity index (χ0n) is 13.3. The topological polar surface area (TPSA) is 41.5 Å². The van der Waals surface area contributed by atoms with Crippen LogP contribution in [0.1, 0.15) is 56.2 Å². The van der Waals surface area contributed by atoms with Gasteiger partial charge in [0.25, 0.3) is 0 Å². The van der Waals surface area contributed by atoms with Gasteiger partial charge < -0.3 is 15.2 Å². The molecule has 3 heteroatoms. The van der Waals surface area contributed by atoms with Crippen molar-refractivity contribution in [3.05, 3.63) is 35.4 Å². The van der Waals surface area contributed by atoms with Crippen LogP contribution in [-0.2, 0) is 4.74 Å². The van der Waals surface area contributed by atoms with Gasteiger partial charge in [0.05, 0.1) is 18.8 Å². The first-order valence-electron chi connectivity index (χ1n) is 8.25. The third-order valence-corrected chi connectivity index (χ3v) is 4.31. The maximum atomic E-state index is 10.0. The van der Waals surface area contributed by atoms with E-state index in [2.05, 4.69) is 43.4 Å². The van der Waals surface area contributed by atoms with E-state index in [1.807, 2.05) is 0 Å². The fourth-order valence-electron chi connectivity index (χ4n) is 2.82. The number of benzene rings is 1. The summed E-state index contributed by atoms with van der Waals surface area (Å²) in [6.07, 6.45) is 6.10. The van der Waals surface area contributed by atoms with Crippen LogP contribution in [0.25, 0.3) is 0 Å². The molecule has 0 spiro atoms. The normalized spacial score (nSPS) is 19.4. The predicted molar refractivity (Wildman–Crippen MR) is 86.4 cm³/mol. The van der Waals surface area contributed by atoms with Crippen molar-refractivity contribution in [2.45, 2.75) is 64.2 Å². The Morgan fingerprint density at radius 3 is 2.52 bits per heavy atom. The SMILES string of the molecule is Cc1ccc([C@@H](C)NCC(O)COC2CCCCC2)cc1. The lowest BCUT2D eigenvalue weighted by Crippen LogP contribution is -2.33. The first-order chi connectivity index (χ1) is 10.1. The van der Waals surface area contributed by atoms with Crippen LogP contribution in [-0.4, -0.2) is 30.5 Å². The zero-order valence-corrected chi connectivity index (χ0v) is 13.3. The Kier molecular flexibility index (Phi) is 6.68. The maximum absolute atomic E-state index is 10.0. The van der Waals surface area contributed by atoms with E-state index in [4.69, 9.17) is 4.74 Å². The Morgan fingerprint density at radius 2 is 1.86 bits per heavy atom. The van der Waals surface area contributed by atoms with Gasteiger partial charge in [-0.3, -0.25) is 0 Å². The van der Waals surface area contributed by atoms with Gasteiger partial charge in [0.15, 0.2) is 0 Å². The molecule has 21 heavy (non-hydrogen) atoms. The molecule has 2 N–H and O–H groups in total. The van der Waals surface area contributed by atoms with Crippen LogP contribution >= 0.6 is 0 Å². The Morgan fingerprint density at radius 1 is 1.19 bits per heavy atom. The van der Waals surface area contributed by atoms with Crippen molar-refractivity contribution in [3.8, 4) is 0 Å². The Balaban J connectivity index is 1.65. The molecule has 1 aromatic carbocycles. The average Bonchev–Trinajstić information content (AvgIpc) is 2.52. The summed E-state index contributed by atoms with van der Waals surface area (Å²) in [5.41, 5.74) is 2.52. The third kappa shape index (κ3) is 5.77. The van der Waals surface area contributed by atoms with Crippen molar-refractivity contribution in [2.24, 2.45) is 0 Å². The number of rotatable bonds is 7. The van der Waals surface area contributed by atoms with Gasteiger partial charge in [0.1, 0.15) is 0 Å². The summed E-state index contributed by atoms with van der Waals surface area (Å²) in [6, 6.07) is 8.76. The highest BCUT2D eigenvalue weighted by atomic mass is 16.5. The van der Waals surface area contributed by atoms with E-state index >= 15 is 0 Å². The van der Waals surface area contributed by atoms with Crippen molar-refractivity contribution in [1.29, 1.82) is 0 Å². The van der Waals surface area contributed by atoms with E-state index < -0.39 is 6.10 Å². The van der Waals surface area contributed by atoms with Crippen molar-refractivity contribution in [2.75, 3.05) is 13.2 Å². The summed E-state index contributed by atoms with van der Waals surface area (Å²) in [5.74, 6) is 0.